The summed E-state index contributed by atoms with van der Waals surface area (Å²) in [5.74, 6) is 0.750. The number of piperidine rings is 1. The smallest absolute Gasteiger partial charge is 0.226 e. The van der Waals surface area contributed by atoms with Gasteiger partial charge in [0.25, 0.3) is 0 Å². The molecule has 1 aliphatic heterocycles. The van der Waals surface area contributed by atoms with E-state index in [-0.39, 0.29) is 0 Å². The number of nitrogens with zero attached hydrogens (tertiary/aromatic N) is 1. The molecule has 1 saturated carbocycles. The van der Waals surface area contributed by atoms with Crippen LogP contribution in [0.1, 0.15) is 13.3 Å². The molecular formula is C7H11NO. The van der Waals surface area contributed by atoms with E-state index in [1.54, 1.807) is 0 Å². The lowest BCUT2D eigenvalue weighted by Gasteiger charge is -2.11. The second-order valence-electron chi connectivity index (χ2n) is 3.61. The standard InChI is InChI=1S/C7H11NO/c1-7-3-5(7)6(9)8(2)4-7/h5H,3-4H2,1-2H3. The van der Waals surface area contributed by atoms with Gasteiger partial charge in [0.2, 0.25) is 5.91 Å². The van der Waals surface area contributed by atoms with Gasteiger partial charge >= 0.3 is 0 Å². The minimum Gasteiger partial charge on any atom is -0.345 e. The molecule has 0 radical (unpaired) electrons. The third-order valence-corrected chi connectivity index (χ3v) is 2.62. The van der Waals surface area contributed by atoms with Gasteiger partial charge in [0.05, 0.1) is 0 Å². The summed E-state index contributed by atoms with van der Waals surface area (Å²) < 4.78 is 0. The molecule has 0 aromatic rings. The van der Waals surface area contributed by atoms with Crippen LogP contribution in [0.15, 0.2) is 0 Å². The average molecular weight is 125 g/mol. The van der Waals surface area contributed by atoms with Crippen LogP contribution in [-0.4, -0.2) is 24.4 Å². The Morgan fingerprint density at radius 1 is 1.78 bits per heavy atom. The van der Waals surface area contributed by atoms with Crippen LogP contribution in [0.4, 0.5) is 0 Å². The molecule has 9 heavy (non-hydrogen) atoms. The molecule has 0 spiro atoms. The maximum absolute atomic E-state index is 11.1. The van der Waals surface area contributed by atoms with E-state index in [4.69, 9.17) is 0 Å². The lowest BCUT2D eigenvalue weighted by molar-refractivity contribution is -0.128. The summed E-state index contributed by atoms with van der Waals surface area (Å²) in [5, 5.41) is 0. The third kappa shape index (κ3) is 0.485. The molecule has 1 saturated heterocycles. The summed E-state index contributed by atoms with van der Waals surface area (Å²) in [7, 11) is 1.89. The SMILES string of the molecule is CN1CC2(C)CC2C1=O. The van der Waals surface area contributed by atoms with E-state index in [2.05, 4.69) is 6.92 Å². The van der Waals surface area contributed by atoms with Gasteiger partial charge in [-0.3, -0.25) is 4.79 Å². The highest BCUT2D eigenvalue weighted by atomic mass is 16.2. The molecule has 2 atom stereocenters. The van der Waals surface area contributed by atoms with Crippen molar-refractivity contribution in [3.63, 3.8) is 0 Å². The minimum atomic E-state index is 0.359. The Bertz CT molecular complexity index is 178. The normalized spacial score (nSPS) is 47.6. The van der Waals surface area contributed by atoms with E-state index >= 15 is 0 Å². The molecule has 1 heterocycles. The Labute approximate surface area is 54.8 Å². The van der Waals surface area contributed by atoms with E-state index in [1.165, 1.54) is 0 Å². The fourth-order valence-corrected chi connectivity index (χ4v) is 1.85. The molecule has 2 unspecified atom stereocenters. The van der Waals surface area contributed by atoms with E-state index < -0.39 is 0 Å². The highest BCUT2D eigenvalue weighted by molar-refractivity contribution is 5.85. The Morgan fingerprint density at radius 3 is 2.67 bits per heavy atom. The lowest BCUT2D eigenvalue weighted by Crippen LogP contribution is -2.23. The van der Waals surface area contributed by atoms with Gasteiger partial charge in [-0.2, -0.15) is 0 Å². The molecule has 2 rings (SSSR count). The van der Waals surface area contributed by atoms with E-state index in [1.807, 2.05) is 11.9 Å². The summed E-state index contributed by atoms with van der Waals surface area (Å²) in [5.41, 5.74) is 0.381. The van der Waals surface area contributed by atoms with Gasteiger partial charge in [-0.15, -0.1) is 0 Å². The van der Waals surface area contributed by atoms with Crippen LogP contribution in [0.5, 0.6) is 0 Å². The summed E-state index contributed by atoms with van der Waals surface area (Å²) in [4.78, 5) is 12.9. The first-order valence-electron chi connectivity index (χ1n) is 3.38. The number of hydrogen-bond donors (Lipinski definition) is 0. The molecule has 1 amide bonds. The van der Waals surface area contributed by atoms with E-state index in [9.17, 15) is 4.79 Å². The third-order valence-electron chi connectivity index (χ3n) is 2.62. The molecule has 50 valence electrons. The first kappa shape index (κ1) is 5.27. The van der Waals surface area contributed by atoms with Gasteiger partial charge < -0.3 is 4.90 Å². The number of hydrogen-bond acceptors (Lipinski definition) is 1. The molecule has 1 aliphatic carbocycles. The van der Waals surface area contributed by atoms with Crippen molar-refractivity contribution in [1.29, 1.82) is 0 Å². The number of carbonyl (C=O) groups excluding carboxylic acids is 1. The molecule has 2 nitrogen and oxygen atoms in total. The molecule has 0 bridgehead atoms. The van der Waals surface area contributed by atoms with Gasteiger partial charge in [-0.1, -0.05) is 6.92 Å². The van der Waals surface area contributed by atoms with Crippen LogP contribution in [0.2, 0.25) is 0 Å². The zero-order valence-corrected chi connectivity index (χ0v) is 5.85. The highest BCUT2D eigenvalue weighted by Crippen LogP contribution is 2.57. The van der Waals surface area contributed by atoms with Gasteiger partial charge in [0.15, 0.2) is 0 Å². The highest BCUT2D eigenvalue weighted by Gasteiger charge is 2.60. The van der Waals surface area contributed by atoms with Crippen LogP contribution in [0.3, 0.4) is 0 Å². The van der Waals surface area contributed by atoms with Crippen LogP contribution >= 0.6 is 0 Å². The Balaban J connectivity index is 2.24. The maximum atomic E-state index is 11.1. The molecular weight excluding hydrogens is 114 g/mol. The molecule has 2 heteroatoms. The molecule has 0 N–H and O–H groups in total. The predicted octanol–water partition coefficient (Wildman–Crippen LogP) is 0.485. The number of rotatable bonds is 0. The fourth-order valence-electron chi connectivity index (χ4n) is 1.85. The topological polar surface area (TPSA) is 20.3 Å². The molecule has 0 aromatic heterocycles. The van der Waals surface area contributed by atoms with Gasteiger partial charge in [0, 0.05) is 19.5 Å². The van der Waals surface area contributed by atoms with Crippen molar-refractivity contribution in [1.82, 2.24) is 4.90 Å². The van der Waals surface area contributed by atoms with Crippen LogP contribution in [0, 0.1) is 11.3 Å². The van der Waals surface area contributed by atoms with Crippen molar-refractivity contribution >= 4 is 5.91 Å². The minimum absolute atomic E-state index is 0.359. The lowest BCUT2D eigenvalue weighted by atomic mass is 10.1. The van der Waals surface area contributed by atoms with E-state index in [0.29, 0.717) is 17.2 Å². The molecule has 0 aromatic carbocycles. The first-order valence-corrected chi connectivity index (χ1v) is 3.38. The summed E-state index contributed by atoms with van der Waals surface area (Å²) in [6, 6.07) is 0. The Kier molecular flexibility index (Phi) is 0.675. The Morgan fingerprint density at radius 2 is 2.44 bits per heavy atom. The van der Waals surface area contributed by atoms with Crippen molar-refractivity contribution in [2.45, 2.75) is 13.3 Å². The molecule has 2 aliphatic rings. The number of likely N-dealkylation sites (tertiary alicyclic amines) is 1. The second kappa shape index (κ2) is 1.15. The van der Waals surface area contributed by atoms with Gasteiger partial charge in [-0.25, -0.2) is 0 Å². The number of carbonyl (C=O) groups is 1. The van der Waals surface area contributed by atoms with Crippen LogP contribution in [0.25, 0.3) is 0 Å². The predicted molar refractivity (Wildman–Crippen MR) is 33.9 cm³/mol. The largest absolute Gasteiger partial charge is 0.345 e. The maximum Gasteiger partial charge on any atom is 0.226 e. The van der Waals surface area contributed by atoms with Crippen LogP contribution < -0.4 is 0 Å². The quantitative estimate of drug-likeness (QED) is 0.461. The van der Waals surface area contributed by atoms with Crippen molar-refractivity contribution < 1.29 is 4.79 Å². The van der Waals surface area contributed by atoms with Crippen molar-refractivity contribution in [2.75, 3.05) is 13.6 Å². The monoisotopic (exact) mass is 125 g/mol. The van der Waals surface area contributed by atoms with Crippen molar-refractivity contribution in [3.8, 4) is 0 Å². The van der Waals surface area contributed by atoms with Gasteiger partial charge in [0.1, 0.15) is 0 Å². The zero-order chi connectivity index (χ0) is 6.65. The molecule has 2 fully saturated rings. The average Bonchev–Trinajstić information content (AvgIpc) is 2.34. The van der Waals surface area contributed by atoms with E-state index in [0.717, 1.165) is 13.0 Å². The summed E-state index contributed by atoms with van der Waals surface area (Å²) in [6.45, 7) is 3.18. The summed E-state index contributed by atoms with van der Waals surface area (Å²) >= 11 is 0. The van der Waals surface area contributed by atoms with Gasteiger partial charge in [-0.05, 0) is 11.8 Å². The van der Waals surface area contributed by atoms with Crippen LogP contribution in [-0.2, 0) is 4.79 Å². The number of fused-ring (bicyclic) bond motifs is 1. The van der Waals surface area contributed by atoms with Crippen molar-refractivity contribution in [2.24, 2.45) is 11.3 Å². The zero-order valence-electron chi connectivity index (χ0n) is 5.85. The van der Waals surface area contributed by atoms with Crippen molar-refractivity contribution in [3.05, 3.63) is 0 Å². The number of amides is 1. The first-order chi connectivity index (χ1) is 4.13. The fraction of sp³-hybridized carbons (Fsp3) is 0.857. The Hall–Kier alpha value is -0.530. The second-order valence-corrected chi connectivity index (χ2v) is 3.61. The summed E-state index contributed by atoms with van der Waals surface area (Å²) in [6.07, 6.45) is 1.14.